The van der Waals surface area contributed by atoms with Crippen LogP contribution < -0.4 is 10.1 Å². The SMILES string of the molecule is CCOC(=O)COc1cccc2c1CCC[C@]2(NC)c1nc(-c2ccccc2)c(-c2ccccc2)o1. The molecule has 4 aromatic rings. The summed E-state index contributed by atoms with van der Waals surface area (Å²) in [5.74, 6) is 1.68. The van der Waals surface area contributed by atoms with Crippen molar-refractivity contribution in [3.05, 3.63) is 95.9 Å². The molecule has 0 saturated carbocycles. The molecule has 1 aliphatic rings. The van der Waals surface area contributed by atoms with Gasteiger partial charge in [0.2, 0.25) is 5.89 Å². The average molecular weight is 483 g/mol. The molecule has 0 bridgehead atoms. The summed E-state index contributed by atoms with van der Waals surface area (Å²) in [6.45, 7) is 2.00. The minimum atomic E-state index is -0.632. The summed E-state index contributed by atoms with van der Waals surface area (Å²) in [6.07, 6.45) is 2.58. The van der Waals surface area contributed by atoms with Crippen LogP contribution in [0.25, 0.3) is 22.6 Å². The van der Waals surface area contributed by atoms with Crippen LogP contribution in [0.5, 0.6) is 5.75 Å². The fourth-order valence-corrected chi connectivity index (χ4v) is 5.03. The van der Waals surface area contributed by atoms with E-state index >= 15 is 0 Å². The molecular formula is C30H30N2O4. The molecule has 0 saturated heterocycles. The number of carbonyl (C=O) groups excluding carboxylic acids is 1. The number of carbonyl (C=O) groups is 1. The first-order valence-electron chi connectivity index (χ1n) is 12.4. The molecule has 184 valence electrons. The third-order valence-electron chi connectivity index (χ3n) is 6.72. The lowest BCUT2D eigenvalue weighted by Crippen LogP contribution is -2.44. The van der Waals surface area contributed by atoms with Gasteiger partial charge in [0, 0.05) is 11.1 Å². The normalized spacial score (nSPS) is 16.8. The molecule has 36 heavy (non-hydrogen) atoms. The van der Waals surface area contributed by atoms with Gasteiger partial charge >= 0.3 is 5.97 Å². The zero-order valence-electron chi connectivity index (χ0n) is 20.6. The number of oxazole rings is 1. The summed E-state index contributed by atoms with van der Waals surface area (Å²) in [5.41, 5.74) is 4.27. The molecule has 0 unspecified atom stereocenters. The van der Waals surface area contributed by atoms with Crippen molar-refractivity contribution in [2.75, 3.05) is 20.3 Å². The minimum absolute atomic E-state index is 0.119. The van der Waals surface area contributed by atoms with E-state index < -0.39 is 5.54 Å². The Morgan fingerprint density at radius 1 is 1.00 bits per heavy atom. The van der Waals surface area contributed by atoms with E-state index in [1.54, 1.807) is 6.92 Å². The van der Waals surface area contributed by atoms with Crippen LogP contribution >= 0.6 is 0 Å². The van der Waals surface area contributed by atoms with Crippen LogP contribution in [0.2, 0.25) is 0 Å². The van der Waals surface area contributed by atoms with Crippen molar-refractivity contribution in [3.8, 4) is 28.3 Å². The van der Waals surface area contributed by atoms with Crippen LogP contribution in [0.1, 0.15) is 36.8 Å². The van der Waals surface area contributed by atoms with Gasteiger partial charge in [0.1, 0.15) is 17.0 Å². The highest BCUT2D eigenvalue weighted by atomic mass is 16.6. The molecule has 1 atom stereocenters. The Morgan fingerprint density at radius 3 is 2.42 bits per heavy atom. The molecule has 0 spiro atoms. The fourth-order valence-electron chi connectivity index (χ4n) is 5.03. The molecule has 0 amide bonds. The van der Waals surface area contributed by atoms with E-state index in [1.165, 1.54) is 0 Å². The predicted octanol–water partition coefficient (Wildman–Crippen LogP) is 5.75. The van der Waals surface area contributed by atoms with Crippen LogP contribution in [0, 0.1) is 0 Å². The summed E-state index contributed by atoms with van der Waals surface area (Å²) in [6, 6.07) is 26.2. The number of benzene rings is 3. The zero-order valence-corrected chi connectivity index (χ0v) is 20.6. The molecule has 1 heterocycles. The van der Waals surface area contributed by atoms with Crippen molar-refractivity contribution < 1.29 is 18.7 Å². The standard InChI is InChI=1S/C30H30N2O4/c1-3-34-26(33)20-35-25-18-10-17-24-23(25)16-11-19-30(24,31-2)29-32-27(21-12-6-4-7-13-21)28(36-29)22-14-8-5-9-15-22/h4-10,12-15,17-18,31H,3,11,16,19-20H2,1-2H3/t30-/m1/s1. The maximum Gasteiger partial charge on any atom is 0.344 e. The van der Waals surface area contributed by atoms with Crippen LogP contribution in [-0.2, 0) is 21.5 Å². The average Bonchev–Trinajstić information content (AvgIpc) is 3.39. The molecule has 1 aromatic heterocycles. The Labute approximate surface area is 211 Å². The number of hydrogen-bond donors (Lipinski definition) is 1. The van der Waals surface area contributed by atoms with Gasteiger partial charge in [-0.1, -0.05) is 72.8 Å². The topological polar surface area (TPSA) is 73.6 Å². The molecule has 6 heteroatoms. The second-order valence-corrected chi connectivity index (χ2v) is 8.81. The van der Waals surface area contributed by atoms with E-state index in [9.17, 15) is 4.79 Å². The number of nitrogens with zero attached hydrogens (tertiary/aromatic N) is 1. The molecular weight excluding hydrogens is 452 g/mol. The lowest BCUT2D eigenvalue weighted by Gasteiger charge is -2.37. The van der Waals surface area contributed by atoms with Crippen molar-refractivity contribution in [2.45, 2.75) is 31.7 Å². The highest BCUT2D eigenvalue weighted by molar-refractivity contribution is 5.77. The van der Waals surface area contributed by atoms with E-state index in [4.69, 9.17) is 18.9 Å². The van der Waals surface area contributed by atoms with E-state index in [0.29, 0.717) is 18.2 Å². The first kappa shape index (κ1) is 23.8. The number of nitrogens with one attached hydrogen (secondary N) is 1. The van der Waals surface area contributed by atoms with Crippen LogP contribution in [0.15, 0.2) is 83.3 Å². The van der Waals surface area contributed by atoms with Gasteiger partial charge in [0.25, 0.3) is 0 Å². The van der Waals surface area contributed by atoms with Gasteiger partial charge < -0.3 is 19.2 Å². The van der Waals surface area contributed by atoms with E-state index in [-0.39, 0.29) is 12.6 Å². The monoisotopic (exact) mass is 482 g/mol. The highest BCUT2D eigenvalue weighted by Crippen LogP contribution is 2.45. The number of ether oxygens (including phenoxy) is 2. The highest BCUT2D eigenvalue weighted by Gasteiger charge is 2.43. The van der Waals surface area contributed by atoms with Crippen LogP contribution in [0.4, 0.5) is 0 Å². The van der Waals surface area contributed by atoms with Gasteiger partial charge in [-0.15, -0.1) is 0 Å². The number of hydrogen-bond acceptors (Lipinski definition) is 6. The van der Waals surface area contributed by atoms with Crippen molar-refractivity contribution in [2.24, 2.45) is 0 Å². The lowest BCUT2D eigenvalue weighted by molar-refractivity contribution is -0.145. The van der Waals surface area contributed by atoms with E-state index in [2.05, 4.69) is 23.5 Å². The Hall–Kier alpha value is -3.90. The van der Waals surface area contributed by atoms with Crippen molar-refractivity contribution >= 4 is 5.97 Å². The Balaban J connectivity index is 1.61. The van der Waals surface area contributed by atoms with Crippen molar-refractivity contribution in [1.29, 1.82) is 0 Å². The number of fused-ring (bicyclic) bond motifs is 1. The quantitative estimate of drug-likeness (QED) is 0.323. The van der Waals surface area contributed by atoms with E-state index in [1.807, 2.05) is 67.7 Å². The predicted molar refractivity (Wildman–Crippen MR) is 139 cm³/mol. The number of rotatable bonds is 8. The van der Waals surface area contributed by atoms with Gasteiger partial charge in [-0.3, -0.25) is 0 Å². The molecule has 6 nitrogen and oxygen atoms in total. The first-order chi connectivity index (χ1) is 17.7. The Morgan fingerprint density at radius 2 is 1.72 bits per heavy atom. The summed E-state index contributed by atoms with van der Waals surface area (Å²) >= 11 is 0. The third-order valence-corrected chi connectivity index (χ3v) is 6.72. The molecule has 1 aliphatic carbocycles. The molecule has 0 aliphatic heterocycles. The molecule has 3 aromatic carbocycles. The lowest BCUT2D eigenvalue weighted by atomic mass is 9.76. The Kier molecular flexibility index (Phi) is 6.87. The van der Waals surface area contributed by atoms with Crippen LogP contribution in [-0.4, -0.2) is 31.2 Å². The molecule has 5 rings (SSSR count). The first-order valence-corrected chi connectivity index (χ1v) is 12.4. The largest absolute Gasteiger partial charge is 0.482 e. The van der Waals surface area contributed by atoms with Gasteiger partial charge in [-0.05, 0) is 50.4 Å². The molecule has 0 radical (unpaired) electrons. The summed E-state index contributed by atoms with van der Waals surface area (Å²) in [7, 11) is 1.94. The Bertz CT molecular complexity index is 1280. The minimum Gasteiger partial charge on any atom is -0.482 e. The van der Waals surface area contributed by atoms with E-state index in [0.717, 1.165) is 53.0 Å². The number of esters is 1. The summed E-state index contributed by atoms with van der Waals surface area (Å²) < 4.78 is 17.6. The summed E-state index contributed by atoms with van der Waals surface area (Å²) in [4.78, 5) is 17.0. The molecule has 1 N–H and O–H groups in total. The maximum atomic E-state index is 11.9. The van der Waals surface area contributed by atoms with Crippen molar-refractivity contribution in [3.63, 3.8) is 0 Å². The second kappa shape index (κ2) is 10.4. The maximum absolute atomic E-state index is 11.9. The van der Waals surface area contributed by atoms with Gasteiger partial charge in [0.15, 0.2) is 12.4 Å². The third kappa shape index (κ3) is 4.40. The number of aromatic nitrogens is 1. The smallest absolute Gasteiger partial charge is 0.344 e. The summed E-state index contributed by atoms with van der Waals surface area (Å²) in [5, 5.41) is 3.54. The van der Waals surface area contributed by atoms with Crippen LogP contribution in [0.3, 0.4) is 0 Å². The molecule has 0 fully saturated rings. The van der Waals surface area contributed by atoms with Gasteiger partial charge in [-0.2, -0.15) is 0 Å². The van der Waals surface area contributed by atoms with Gasteiger partial charge in [0.05, 0.1) is 6.61 Å². The second-order valence-electron chi connectivity index (χ2n) is 8.81. The van der Waals surface area contributed by atoms with Gasteiger partial charge in [-0.25, -0.2) is 9.78 Å². The zero-order chi connectivity index (χ0) is 25.0. The van der Waals surface area contributed by atoms with Crippen molar-refractivity contribution in [1.82, 2.24) is 10.3 Å². The fraction of sp³-hybridized carbons (Fsp3) is 0.267.